The van der Waals surface area contributed by atoms with E-state index in [4.69, 9.17) is 43.6 Å². The summed E-state index contributed by atoms with van der Waals surface area (Å²) in [5.41, 5.74) is 0.746. The Morgan fingerprint density at radius 3 is 2.06 bits per heavy atom. The molecule has 0 unspecified atom stereocenters. The van der Waals surface area contributed by atoms with Crippen LogP contribution < -0.4 is 52.4 Å². The molecule has 0 aromatic heterocycles. The van der Waals surface area contributed by atoms with Gasteiger partial charge in [0.15, 0.2) is 24.5 Å². The Hall–Kier alpha value is -9.68. The monoisotopic (exact) mass is 1420 g/mol. The molecular weight excluding hydrogens is 1330 g/mol. The van der Waals surface area contributed by atoms with Crippen LogP contribution in [-0.2, 0) is 79.8 Å². The third-order valence-electron chi connectivity index (χ3n) is 16.8. The zero-order chi connectivity index (χ0) is 73.7. The van der Waals surface area contributed by atoms with E-state index in [2.05, 4.69) is 37.2 Å². The predicted octanol–water partition coefficient (Wildman–Crippen LogP) is -0.242. The molecule has 0 spiro atoms. The lowest BCUT2D eigenvalue weighted by Crippen LogP contribution is -2.56. The summed E-state index contributed by atoms with van der Waals surface area (Å²) in [4.78, 5) is 156. The number of aliphatic hydroxyl groups excluding tert-OH is 2. The number of anilines is 1. The van der Waals surface area contributed by atoms with E-state index in [1.165, 1.54) is 57.4 Å². The highest BCUT2D eigenvalue weighted by Gasteiger charge is 2.51. The number of nitrogens with one attached hydrogen (secondary N) is 7. The molecule has 7 rings (SSSR count). The van der Waals surface area contributed by atoms with Crippen molar-refractivity contribution < 1.29 is 121 Å². The zero-order valence-electron chi connectivity index (χ0n) is 56.5. The molecule has 0 saturated carbocycles. The molecule has 3 aromatic rings. The number of ether oxygens (including phenoxy) is 8. The number of carbonyl (C=O) groups is 12. The van der Waals surface area contributed by atoms with Crippen LogP contribution in [0.2, 0.25) is 0 Å². The number of urea groups is 1. The molecule has 34 heteroatoms. The Kier molecular flexibility index (Phi) is 28.9. The number of phenolic OH excluding ortho intramolecular Hbond substituents is 2. The van der Waals surface area contributed by atoms with Gasteiger partial charge >= 0.3 is 12.1 Å². The van der Waals surface area contributed by atoms with Crippen molar-refractivity contribution in [2.45, 2.75) is 134 Å². The smallest absolute Gasteiger partial charge is 0.407 e. The van der Waals surface area contributed by atoms with Gasteiger partial charge in [-0.2, -0.15) is 0 Å². The fraction of sp³-hybridized carbons (Fsp3) is 0.522. The number of hydrogen-bond acceptors (Lipinski definition) is 25. The van der Waals surface area contributed by atoms with Crippen LogP contribution in [0.4, 0.5) is 15.3 Å². The first-order valence-corrected chi connectivity index (χ1v) is 32.8. The van der Waals surface area contributed by atoms with E-state index >= 15 is 0 Å². The lowest BCUT2D eigenvalue weighted by Gasteiger charge is -2.42. The minimum absolute atomic E-state index is 0.00405. The van der Waals surface area contributed by atoms with Crippen LogP contribution >= 0.6 is 0 Å². The molecule has 0 radical (unpaired) electrons. The van der Waals surface area contributed by atoms with E-state index in [-0.39, 0.29) is 123 Å². The number of nitrogens with two attached hydrogens (primary N) is 1. The van der Waals surface area contributed by atoms with Gasteiger partial charge in [-0.15, -0.1) is 0 Å². The summed E-state index contributed by atoms with van der Waals surface area (Å²) in [5, 5.41) is 75.3. The van der Waals surface area contributed by atoms with E-state index in [0.29, 0.717) is 32.6 Å². The number of phenols is 2. The minimum atomic E-state index is -2.48. The van der Waals surface area contributed by atoms with Gasteiger partial charge in [0.25, 0.3) is 17.7 Å². The number of rotatable bonds is 38. The Labute approximate surface area is 579 Å². The van der Waals surface area contributed by atoms with Crippen molar-refractivity contribution in [1.82, 2.24) is 36.8 Å². The van der Waals surface area contributed by atoms with Gasteiger partial charge in [-0.3, -0.25) is 52.8 Å². The number of aromatic hydroxyl groups is 2. The largest absolute Gasteiger partial charge is 0.507 e. The Morgan fingerprint density at radius 1 is 0.782 bits per heavy atom. The van der Waals surface area contributed by atoms with E-state index in [0.717, 1.165) is 17.1 Å². The van der Waals surface area contributed by atoms with E-state index < -0.39 is 174 Å². The maximum Gasteiger partial charge on any atom is 0.407 e. The first kappa shape index (κ1) is 78.7. The number of imide groups is 1. The Bertz CT molecular complexity index is 3590. The highest BCUT2D eigenvalue weighted by Crippen LogP contribution is 2.53. The molecule has 550 valence electrons. The molecule has 101 heavy (non-hydrogen) atoms. The van der Waals surface area contributed by atoms with Crippen LogP contribution in [0, 0.1) is 5.92 Å². The second-order valence-electron chi connectivity index (χ2n) is 24.5. The summed E-state index contributed by atoms with van der Waals surface area (Å²) in [7, 11) is 1.27. The van der Waals surface area contributed by atoms with Gasteiger partial charge in [-0.1, -0.05) is 26.0 Å². The van der Waals surface area contributed by atoms with Crippen molar-refractivity contribution in [3.05, 3.63) is 87.5 Å². The number of ketones is 3. The van der Waals surface area contributed by atoms with Gasteiger partial charge in [0.2, 0.25) is 29.4 Å². The summed E-state index contributed by atoms with van der Waals surface area (Å²) in [5.74, 6) is -8.73. The first-order chi connectivity index (χ1) is 48.2. The SMILES string of the molecule is COc1cccc2c1C(=O)c1c(O)c3c(c(O)c1C2=O)C[C@@](O)(C(=O)CO)C[C@@H]3O[C@H]1C[C@H](NC(=O)OCc2ccc(NC(=O)[C@H](CCCNC(N)=O)NC(=O)[C@@H](NC(C)=O)C(C)C)cc2OCC(=O)NCCCOCCOCCOCCCNC(=O)CCN2C(=O)C=CC2=O)[C@H](O)[C@H](C)O1. The molecule has 1 fully saturated rings. The quantitative estimate of drug-likeness (QED) is 0.0156. The van der Waals surface area contributed by atoms with Crippen molar-refractivity contribution in [3.63, 3.8) is 0 Å². The molecule has 34 nitrogen and oxygen atoms in total. The van der Waals surface area contributed by atoms with Crippen LogP contribution in [-0.4, -0.2) is 230 Å². The normalized spacial score (nSPS) is 19.6. The maximum atomic E-state index is 14.2. The lowest BCUT2D eigenvalue weighted by molar-refractivity contribution is -0.249. The minimum Gasteiger partial charge on any atom is -0.507 e. The van der Waals surface area contributed by atoms with Crippen molar-refractivity contribution in [1.29, 1.82) is 0 Å². The summed E-state index contributed by atoms with van der Waals surface area (Å²) in [6.45, 7) is 5.93. The average molecular weight is 1420 g/mol. The van der Waals surface area contributed by atoms with E-state index in [9.17, 15) is 83.1 Å². The van der Waals surface area contributed by atoms with E-state index in [1.807, 2.05) is 0 Å². The summed E-state index contributed by atoms with van der Waals surface area (Å²) >= 11 is 0. The molecule has 14 N–H and O–H groups in total. The number of methoxy groups -OCH3 is 1. The molecular formula is C67H87N9O25. The van der Waals surface area contributed by atoms with Gasteiger partial charge in [-0.05, 0) is 56.7 Å². The lowest BCUT2D eigenvalue weighted by atomic mass is 9.72. The maximum absolute atomic E-state index is 14.2. The van der Waals surface area contributed by atoms with Crippen molar-refractivity contribution in [2.75, 3.05) is 91.5 Å². The molecule has 8 atom stereocenters. The number of hydrogen-bond donors (Lipinski definition) is 13. The molecule has 4 aliphatic rings. The average Bonchev–Trinajstić information content (AvgIpc) is 0.899. The van der Waals surface area contributed by atoms with Crippen LogP contribution in [0.15, 0.2) is 48.6 Å². The predicted molar refractivity (Wildman–Crippen MR) is 351 cm³/mol. The number of amides is 10. The highest BCUT2D eigenvalue weighted by atomic mass is 16.7. The van der Waals surface area contributed by atoms with Crippen LogP contribution in [0.5, 0.6) is 23.0 Å². The number of alkyl carbamates (subject to hydrolysis) is 1. The van der Waals surface area contributed by atoms with Gasteiger partial charge in [0, 0.05) is 118 Å². The first-order valence-electron chi connectivity index (χ1n) is 32.8. The number of benzene rings is 3. The number of nitrogens with zero attached hydrogens (tertiary/aromatic N) is 1. The fourth-order valence-corrected chi connectivity index (χ4v) is 11.6. The van der Waals surface area contributed by atoms with Crippen molar-refractivity contribution >= 4 is 76.5 Å². The second-order valence-corrected chi connectivity index (χ2v) is 24.5. The molecule has 2 aliphatic heterocycles. The van der Waals surface area contributed by atoms with E-state index in [1.54, 1.807) is 13.8 Å². The zero-order valence-corrected chi connectivity index (χ0v) is 56.5. The van der Waals surface area contributed by atoms with Gasteiger partial charge < -0.3 is 106 Å². The van der Waals surface area contributed by atoms with Crippen LogP contribution in [0.25, 0.3) is 0 Å². The number of carbonyl (C=O) groups excluding carboxylic acids is 12. The highest BCUT2D eigenvalue weighted by molar-refractivity contribution is 6.31. The summed E-state index contributed by atoms with van der Waals surface area (Å²) < 4.78 is 45.9. The van der Waals surface area contributed by atoms with Crippen LogP contribution in [0.1, 0.15) is 127 Å². The van der Waals surface area contributed by atoms with Crippen molar-refractivity contribution in [3.8, 4) is 23.0 Å². The third kappa shape index (κ3) is 21.2. The molecule has 10 amide bonds. The standard InChI is InChI=1S/C67H87N9O25/c1-35(2)57(72-37(4)78)64(90)74-42(11-7-18-71-65(68)91)63(89)73-39-14-13-38(45(28-39)98-34-49(81)70-20-9-23-96-25-27-97-26-24-95-22-8-19-69-48(80)17-21-76-50(82)15-16-51(76)83)33-99-66(92)75-43-29-52(100-36(3)58(43)84)101-46-31-67(93,47(79)32-77)30-41-54(46)62(88)56-55(60(41)86)59(85)40-10-6-12-44(94-5)53(40)61(56)87/h6,10,12-16,28,35-36,42-43,46,52,57-58,77,84,86,88,93H,7-9,11,17-27,29-34H2,1-5H3,(H,69,80)(H,70,81)(H,72,78)(H,73,89)(H,74,90)(H,75,92)(H3,68,71,91)/t36-,42-,43-,46-,52-,57-,58+,67-/m0/s1. The second kappa shape index (κ2) is 37.1. The van der Waals surface area contributed by atoms with Gasteiger partial charge in [0.05, 0.1) is 68.5 Å². The molecule has 0 bridgehead atoms. The Balaban J connectivity index is 0.967. The summed E-state index contributed by atoms with van der Waals surface area (Å²) in [6.07, 6.45) is -5.23. The Morgan fingerprint density at radius 2 is 1.43 bits per heavy atom. The number of aliphatic hydroxyl groups is 3. The fourth-order valence-electron chi connectivity index (χ4n) is 11.6. The van der Waals surface area contributed by atoms with Crippen LogP contribution in [0.3, 0.4) is 0 Å². The summed E-state index contributed by atoms with van der Waals surface area (Å²) in [6, 6.07) is 4.00. The number of fused-ring (bicyclic) bond motifs is 3. The van der Waals surface area contributed by atoms with Gasteiger partial charge in [0.1, 0.15) is 60.0 Å². The molecule has 1 saturated heterocycles. The number of primary amides is 1. The van der Waals surface area contributed by atoms with Crippen molar-refractivity contribution in [2.24, 2.45) is 11.7 Å². The topological polar surface area (TPSA) is 493 Å². The van der Waals surface area contributed by atoms with Gasteiger partial charge in [-0.25, -0.2) is 9.59 Å². The third-order valence-corrected chi connectivity index (χ3v) is 16.8. The molecule has 3 aromatic carbocycles. The molecule has 2 heterocycles. The molecule has 2 aliphatic carbocycles. The number of Topliss-reactive ketones (excluding diaryl/α,β-unsaturated/α-hetero) is 1.